The first-order chi connectivity index (χ1) is 15.1. The number of carbonyl (C=O) groups is 2. The molecule has 11 heteroatoms. The van der Waals surface area contributed by atoms with Crippen LogP contribution in [0.3, 0.4) is 0 Å². The molecule has 2 aliphatic heterocycles. The zero-order valence-corrected chi connectivity index (χ0v) is 18.7. The van der Waals surface area contributed by atoms with Gasteiger partial charge in [-0.3, -0.25) is 9.59 Å². The van der Waals surface area contributed by atoms with Crippen LogP contribution in [0.5, 0.6) is 5.75 Å². The fourth-order valence-corrected chi connectivity index (χ4v) is 5.42. The first-order valence-corrected chi connectivity index (χ1v) is 11.8. The lowest BCUT2D eigenvalue weighted by Gasteiger charge is -2.31. The summed E-state index contributed by atoms with van der Waals surface area (Å²) in [6, 6.07) is 8.12. The van der Waals surface area contributed by atoms with Crippen LogP contribution in [-0.4, -0.2) is 43.7 Å². The topological polar surface area (TPSA) is 105 Å². The maximum atomic E-state index is 13.3. The van der Waals surface area contributed by atoms with Gasteiger partial charge in [0.05, 0.1) is 21.5 Å². The molecule has 2 heterocycles. The Morgan fingerprint density at radius 2 is 2.06 bits per heavy atom. The smallest absolute Gasteiger partial charge is 0.265 e. The summed E-state index contributed by atoms with van der Waals surface area (Å²) in [4.78, 5) is 24.6. The summed E-state index contributed by atoms with van der Waals surface area (Å²) in [5.74, 6) is -1.51. The summed E-state index contributed by atoms with van der Waals surface area (Å²) in [5, 5.41) is 5.19. The van der Waals surface area contributed by atoms with Gasteiger partial charge in [0.15, 0.2) is 6.10 Å². The molecule has 0 spiro atoms. The fraction of sp³-hybridized carbons (Fsp3) is 0.333. The second-order valence-electron chi connectivity index (χ2n) is 7.73. The van der Waals surface area contributed by atoms with Crippen molar-refractivity contribution in [1.29, 1.82) is 0 Å². The summed E-state index contributed by atoms with van der Waals surface area (Å²) < 4.78 is 46.5. The monoisotopic (exact) mass is 481 g/mol. The molecule has 2 atom stereocenters. The van der Waals surface area contributed by atoms with Crippen LogP contribution in [0.1, 0.15) is 19.8 Å². The number of anilines is 2. The molecule has 2 unspecified atom stereocenters. The van der Waals surface area contributed by atoms with E-state index in [0.717, 1.165) is 6.07 Å². The number of piperidine rings is 1. The third-order valence-corrected chi connectivity index (χ3v) is 7.61. The minimum absolute atomic E-state index is 0.0000709. The minimum Gasteiger partial charge on any atom is -0.479 e. The van der Waals surface area contributed by atoms with Crippen LogP contribution in [0, 0.1) is 11.7 Å². The summed E-state index contributed by atoms with van der Waals surface area (Å²) in [6.07, 6.45) is 0.352. The van der Waals surface area contributed by atoms with Gasteiger partial charge in [0.1, 0.15) is 11.6 Å². The molecule has 4 rings (SSSR count). The average molecular weight is 482 g/mol. The lowest BCUT2D eigenvalue weighted by molar-refractivity contribution is -0.123. The number of nitrogens with zero attached hydrogens (tertiary/aromatic N) is 1. The fourth-order valence-electron chi connectivity index (χ4n) is 3.69. The Morgan fingerprint density at radius 3 is 2.81 bits per heavy atom. The molecule has 8 nitrogen and oxygen atoms in total. The highest BCUT2D eigenvalue weighted by Crippen LogP contribution is 2.34. The van der Waals surface area contributed by atoms with Crippen molar-refractivity contribution in [3.05, 3.63) is 47.2 Å². The molecule has 32 heavy (non-hydrogen) atoms. The largest absolute Gasteiger partial charge is 0.479 e. The number of halogens is 2. The molecule has 0 aliphatic carbocycles. The molecule has 0 saturated carbocycles. The summed E-state index contributed by atoms with van der Waals surface area (Å²) >= 11 is 5.75. The number of benzene rings is 2. The Kier molecular flexibility index (Phi) is 6.11. The van der Waals surface area contributed by atoms with Crippen molar-refractivity contribution in [1.82, 2.24) is 4.31 Å². The van der Waals surface area contributed by atoms with Gasteiger partial charge in [-0.1, -0.05) is 11.6 Å². The predicted octanol–water partition coefficient (Wildman–Crippen LogP) is 3.24. The molecule has 170 valence electrons. The van der Waals surface area contributed by atoms with Gasteiger partial charge in [-0.25, -0.2) is 12.8 Å². The van der Waals surface area contributed by atoms with Gasteiger partial charge >= 0.3 is 0 Å². The van der Waals surface area contributed by atoms with Crippen molar-refractivity contribution in [2.75, 3.05) is 23.7 Å². The normalized spacial score (nSPS) is 21.3. The first-order valence-electron chi connectivity index (χ1n) is 10.0. The van der Waals surface area contributed by atoms with Crippen LogP contribution in [-0.2, 0) is 19.6 Å². The number of sulfonamides is 1. The number of rotatable bonds is 4. The number of nitrogens with one attached hydrogen (secondary N) is 2. The van der Waals surface area contributed by atoms with Crippen LogP contribution in [0.4, 0.5) is 15.8 Å². The molecular weight excluding hydrogens is 461 g/mol. The molecule has 1 saturated heterocycles. The molecule has 2 aromatic carbocycles. The van der Waals surface area contributed by atoms with Crippen molar-refractivity contribution < 1.29 is 27.1 Å². The van der Waals surface area contributed by atoms with Gasteiger partial charge in [0, 0.05) is 18.8 Å². The number of hydrogen-bond donors (Lipinski definition) is 2. The summed E-state index contributed by atoms with van der Waals surface area (Å²) in [7, 11) is -3.90. The van der Waals surface area contributed by atoms with Crippen LogP contribution < -0.4 is 15.4 Å². The van der Waals surface area contributed by atoms with Gasteiger partial charge in [0.25, 0.3) is 5.91 Å². The molecule has 2 N–H and O–H groups in total. The summed E-state index contributed by atoms with van der Waals surface area (Å²) in [5.41, 5.74) is 0.620. The van der Waals surface area contributed by atoms with E-state index >= 15 is 0 Å². The Hall–Kier alpha value is -2.69. The maximum absolute atomic E-state index is 13.3. The van der Waals surface area contributed by atoms with E-state index in [4.69, 9.17) is 16.3 Å². The van der Waals surface area contributed by atoms with Crippen LogP contribution in [0.25, 0.3) is 0 Å². The number of hydrogen-bond acceptors (Lipinski definition) is 5. The molecule has 1 fully saturated rings. The predicted molar refractivity (Wildman–Crippen MR) is 117 cm³/mol. The highest BCUT2D eigenvalue weighted by molar-refractivity contribution is 7.89. The lowest BCUT2D eigenvalue weighted by Crippen LogP contribution is -2.43. The number of ether oxygens (including phenoxy) is 1. The zero-order chi connectivity index (χ0) is 23.0. The second kappa shape index (κ2) is 8.68. The van der Waals surface area contributed by atoms with E-state index in [2.05, 4.69) is 10.6 Å². The van der Waals surface area contributed by atoms with Gasteiger partial charge in [0.2, 0.25) is 15.9 Å². The van der Waals surface area contributed by atoms with E-state index in [9.17, 15) is 22.4 Å². The lowest BCUT2D eigenvalue weighted by atomic mass is 9.99. The van der Waals surface area contributed by atoms with Crippen molar-refractivity contribution in [2.24, 2.45) is 5.92 Å². The number of fused-ring (bicyclic) bond motifs is 1. The standard InChI is InChI=1S/C21H21ClFN3O5S/c1-12-20(27)25-18-10-15(5-7-19(18)31-12)32(29,30)26-8-2-3-13(11-26)21(28)24-14-4-6-17(23)16(22)9-14/h4-7,9-10,12-13H,2-3,8,11H2,1H3,(H,24,28)(H,25,27). The van der Waals surface area contributed by atoms with Gasteiger partial charge in [-0.2, -0.15) is 4.31 Å². The van der Waals surface area contributed by atoms with Crippen LogP contribution >= 0.6 is 11.6 Å². The van der Waals surface area contributed by atoms with Crippen LogP contribution in [0.2, 0.25) is 5.02 Å². The quantitative estimate of drug-likeness (QED) is 0.697. The third-order valence-electron chi connectivity index (χ3n) is 5.46. The van der Waals surface area contributed by atoms with Gasteiger partial charge in [-0.05, 0) is 56.2 Å². The Morgan fingerprint density at radius 1 is 1.28 bits per heavy atom. The van der Waals surface area contributed by atoms with E-state index < -0.39 is 27.9 Å². The molecule has 2 aromatic rings. The van der Waals surface area contributed by atoms with E-state index in [1.54, 1.807) is 6.92 Å². The van der Waals surface area contributed by atoms with Crippen molar-refractivity contribution >= 4 is 44.8 Å². The van der Waals surface area contributed by atoms with Crippen molar-refractivity contribution in [2.45, 2.75) is 30.8 Å². The Bertz CT molecular complexity index is 1190. The molecule has 2 aliphatic rings. The molecule has 2 amide bonds. The Labute approximate surface area is 189 Å². The maximum Gasteiger partial charge on any atom is 0.265 e. The number of amides is 2. The molecule has 0 aromatic heterocycles. The Balaban J connectivity index is 1.50. The van der Waals surface area contributed by atoms with E-state index in [1.807, 2.05) is 0 Å². The van der Waals surface area contributed by atoms with Crippen LogP contribution in [0.15, 0.2) is 41.3 Å². The molecular formula is C21H21ClFN3O5S. The third kappa shape index (κ3) is 4.43. The summed E-state index contributed by atoms with van der Waals surface area (Å²) in [6.45, 7) is 1.87. The highest BCUT2D eigenvalue weighted by Gasteiger charge is 2.34. The SMILES string of the molecule is CC1Oc2ccc(S(=O)(=O)N3CCCC(C(=O)Nc4ccc(F)c(Cl)c4)C3)cc2NC1=O. The minimum atomic E-state index is -3.90. The molecule has 0 bridgehead atoms. The van der Waals surface area contributed by atoms with E-state index in [1.165, 1.54) is 34.6 Å². The van der Waals surface area contributed by atoms with E-state index in [0.29, 0.717) is 24.3 Å². The zero-order valence-electron chi connectivity index (χ0n) is 17.1. The van der Waals surface area contributed by atoms with Gasteiger partial charge in [-0.15, -0.1) is 0 Å². The van der Waals surface area contributed by atoms with Crippen molar-refractivity contribution in [3.8, 4) is 5.75 Å². The van der Waals surface area contributed by atoms with E-state index in [-0.39, 0.29) is 40.5 Å². The van der Waals surface area contributed by atoms with Crippen molar-refractivity contribution in [3.63, 3.8) is 0 Å². The highest BCUT2D eigenvalue weighted by atomic mass is 35.5. The number of carbonyl (C=O) groups excluding carboxylic acids is 2. The average Bonchev–Trinajstić information content (AvgIpc) is 2.77. The second-order valence-corrected chi connectivity index (χ2v) is 10.1. The first kappa shape index (κ1) is 22.5. The molecule has 0 radical (unpaired) electrons. The van der Waals surface area contributed by atoms with Gasteiger partial charge < -0.3 is 15.4 Å².